The number of nitrogens with zero attached hydrogens (tertiary/aromatic N) is 2. The number of rotatable bonds is 4. The lowest BCUT2D eigenvalue weighted by Crippen LogP contribution is -2.42. The molecule has 4 rings (SSSR count). The van der Waals surface area contributed by atoms with Crippen molar-refractivity contribution in [3.63, 3.8) is 0 Å². The molecule has 1 aliphatic rings. The van der Waals surface area contributed by atoms with E-state index in [1.54, 1.807) is 47.5 Å². The molecule has 0 aliphatic carbocycles. The molecule has 0 spiro atoms. The molecule has 1 saturated heterocycles. The third kappa shape index (κ3) is 3.89. The first-order chi connectivity index (χ1) is 13.6. The topological polar surface area (TPSA) is 64.7 Å². The second kappa shape index (κ2) is 7.82. The van der Waals surface area contributed by atoms with E-state index in [-0.39, 0.29) is 35.7 Å². The van der Waals surface area contributed by atoms with Gasteiger partial charge in [0.25, 0.3) is 11.5 Å². The van der Waals surface area contributed by atoms with Crippen molar-refractivity contribution in [1.82, 2.24) is 9.47 Å². The Balaban J connectivity index is 1.45. The van der Waals surface area contributed by atoms with Crippen LogP contribution in [0.2, 0.25) is 0 Å². The number of carbonyl (C=O) groups is 1. The van der Waals surface area contributed by atoms with Crippen molar-refractivity contribution in [2.45, 2.75) is 12.6 Å². The molecule has 0 saturated carbocycles. The summed E-state index contributed by atoms with van der Waals surface area (Å²) in [5.41, 5.74) is 0.685. The quantitative estimate of drug-likeness (QED) is 0.696. The van der Waals surface area contributed by atoms with E-state index in [0.29, 0.717) is 25.5 Å². The summed E-state index contributed by atoms with van der Waals surface area (Å²) < 4.78 is 26.0. The minimum Gasteiger partial charge on any atom is -0.454 e. The number of pyridine rings is 1. The van der Waals surface area contributed by atoms with Crippen molar-refractivity contribution in [2.24, 2.45) is 0 Å². The van der Waals surface area contributed by atoms with E-state index in [4.69, 9.17) is 9.15 Å². The Kier molecular flexibility index (Phi) is 5.08. The predicted octanol–water partition coefficient (Wildman–Crippen LogP) is 2.84. The molecule has 1 unspecified atom stereocenters. The van der Waals surface area contributed by atoms with Crippen molar-refractivity contribution >= 4 is 5.91 Å². The largest absolute Gasteiger partial charge is 0.454 e. The van der Waals surface area contributed by atoms with E-state index in [0.717, 1.165) is 5.56 Å². The Bertz CT molecular complexity index is 1030. The third-order valence-corrected chi connectivity index (χ3v) is 4.69. The van der Waals surface area contributed by atoms with Gasteiger partial charge in [-0.15, -0.1) is 0 Å². The molecular formula is C21H19FN2O4. The fourth-order valence-corrected chi connectivity index (χ4v) is 3.21. The molecule has 3 aromatic rings. The fraction of sp³-hybridized carbons (Fsp3) is 0.238. The van der Waals surface area contributed by atoms with Crippen LogP contribution < -0.4 is 5.56 Å². The average Bonchev–Trinajstić information content (AvgIpc) is 3.18. The van der Waals surface area contributed by atoms with Crippen LogP contribution in [0.15, 0.2) is 70.0 Å². The van der Waals surface area contributed by atoms with Gasteiger partial charge in [0.15, 0.2) is 5.76 Å². The van der Waals surface area contributed by atoms with Crippen molar-refractivity contribution in [3.8, 4) is 0 Å². The summed E-state index contributed by atoms with van der Waals surface area (Å²) in [7, 11) is 0. The van der Waals surface area contributed by atoms with Gasteiger partial charge < -0.3 is 18.6 Å². The van der Waals surface area contributed by atoms with Crippen molar-refractivity contribution in [1.29, 1.82) is 0 Å². The first kappa shape index (κ1) is 18.2. The van der Waals surface area contributed by atoms with Gasteiger partial charge in [-0.2, -0.15) is 0 Å². The maximum Gasteiger partial charge on any atom is 0.289 e. The molecule has 0 bridgehead atoms. The highest BCUT2D eigenvalue weighted by atomic mass is 19.1. The van der Waals surface area contributed by atoms with E-state index in [1.165, 1.54) is 22.8 Å². The summed E-state index contributed by atoms with van der Waals surface area (Å²) >= 11 is 0. The molecule has 28 heavy (non-hydrogen) atoms. The zero-order valence-electron chi connectivity index (χ0n) is 15.1. The van der Waals surface area contributed by atoms with Crippen molar-refractivity contribution in [2.75, 3.05) is 19.7 Å². The normalized spacial score (nSPS) is 16.9. The van der Waals surface area contributed by atoms with Gasteiger partial charge in [-0.3, -0.25) is 9.59 Å². The van der Waals surface area contributed by atoms with Gasteiger partial charge in [0, 0.05) is 18.8 Å². The van der Waals surface area contributed by atoms with Gasteiger partial charge in [0.2, 0.25) is 0 Å². The molecule has 1 amide bonds. The molecule has 1 aromatic carbocycles. The zero-order chi connectivity index (χ0) is 19.5. The van der Waals surface area contributed by atoms with E-state index < -0.39 is 0 Å². The Morgan fingerprint density at radius 2 is 1.93 bits per heavy atom. The van der Waals surface area contributed by atoms with Crippen LogP contribution in [0.25, 0.3) is 0 Å². The van der Waals surface area contributed by atoms with Gasteiger partial charge in [0.05, 0.1) is 19.7 Å². The minimum atomic E-state index is -0.312. The maximum atomic E-state index is 13.1. The van der Waals surface area contributed by atoms with Crippen LogP contribution in [0, 0.1) is 5.82 Å². The number of halogens is 1. The van der Waals surface area contributed by atoms with Crippen molar-refractivity contribution < 1.29 is 18.3 Å². The average molecular weight is 382 g/mol. The van der Waals surface area contributed by atoms with Gasteiger partial charge >= 0.3 is 0 Å². The predicted molar refractivity (Wildman–Crippen MR) is 99.5 cm³/mol. The molecule has 1 atom stereocenters. The highest BCUT2D eigenvalue weighted by molar-refractivity contribution is 5.91. The first-order valence-electron chi connectivity index (χ1n) is 9.01. The number of aromatic nitrogens is 1. The fourth-order valence-electron chi connectivity index (χ4n) is 3.21. The van der Waals surface area contributed by atoms with Gasteiger partial charge in [-0.1, -0.05) is 18.2 Å². The van der Waals surface area contributed by atoms with Crippen LogP contribution >= 0.6 is 0 Å². The number of morpholine rings is 1. The smallest absolute Gasteiger partial charge is 0.289 e. The lowest BCUT2D eigenvalue weighted by molar-refractivity contribution is -0.0238. The Labute approximate surface area is 160 Å². The van der Waals surface area contributed by atoms with E-state index >= 15 is 0 Å². The van der Waals surface area contributed by atoms with Gasteiger partial charge in [-0.05, 0) is 35.9 Å². The van der Waals surface area contributed by atoms with E-state index in [1.807, 2.05) is 0 Å². The van der Waals surface area contributed by atoms with Crippen LogP contribution in [-0.2, 0) is 11.3 Å². The summed E-state index contributed by atoms with van der Waals surface area (Å²) in [6.07, 6.45) is 1.36. The first-order valence-corrected chi connectivity index (χ1v) is 9.01. The number of hydrogen-bond acceptors (Lipinski definition) is 4. The lowest BCUT2D eigenvalue weighted by Gasteiger charge is -2.32. The van der Waals surface area contributed by atoms with Gasteiger partial charge in [-0.25, -0.2) is 4.39 Å². The summed E-state index contributed by atoms with van der Waals surface area (Å²) in [4.78, 5) is 26.3. The molecule has 6 nitrogen and oxygen atoms in total. The highest BCUT2D eigenvalue weighted by Crippen LogP contribution is 2.24. The van der Waals surface area contributed by atoms with Crippen molar-refractivity contribution in [3.05, 3.63) is 94.0 Å². The molecule has 1 fully saturated rings. The molecule has 2 aromatic heterocycles. The Hall–Kier alpha value is -3.19. The molecular weight excluding hydrogens is 363 g/mol. The summed E-state index contributed by atoms with van der Waals surface area (Å²) in [6.45, 7) is 1.46. The zero-order valence-corrected chi connectivity index (χ0v) is 15.1. The molecule has 0 N–H and O–H groups in total. The number of hydrogen-bond donors (Lipinski definition) is 0. The second-order valence-electron chi connectivity index (χ2n) is 6.59. The van der Waals surface area contributed by atoms with Crippen LogP contribution in [0.4, 0.5) is 4.39 Å². The Morgan fingerprint density at radius 3 is 2.71 bits per heavy atom. The molecule has 1 aliphatic heterocycles. The van der Waals surface area contributed by atoms with Crippen LogP contribution in [0.1, 0.15) is 28.0 Å². The minimum absolute atomic E-state index is 0.137. The van der Waals surface area contributed by atoms with Crippen LogP contribution in [-0.4, -0.2) is 35.1 Å². The summed E-state index contributed by atoms with van der Waals surface area (Å²) in [5.74, 6) is 0.203. The van der Waals surface area contributed by atoms with Crippen LogP contribution in [0.5, 0.6) is 0 Å². The van der Waals surface area contributed by atoms with Gasteiger partial charge in [0.1, 0.15) is 17.7 Å². The maximum absolute atomic E-state index is 13.1. The number of benzene rings is 1. The summed E-state index contributed by atoms with van der Waals surface area (Å²) in [5, 5.41) is 0. The van der Waals surface area contributed by atoms with Crippen LogP contribution in [0.3, 0.4) is 0 Å². The number of ether oxygens (including phenoxy) is 1. The summed E-state index contributed by atoms with van der Waals surface area (Å²) in [6, 6.07) is 14.3. The monoisotopic (exact) mass is 382 g/mol. The second-order valence-corrected chi connectivity index (χ2v) is 6.59. The molecule has 7 heteroatoms. The third-order valence-electron chi connectivity index (χ3n) is 4.69. The molecule has 144 valence electrons. The number of amides is 1. The number of carbonyl (C=O) groups excluding carboxylic acids is 1. The van der Waals surface area contributed by atoms with E-state index in [2.05, 4.69) is 0 Å². The standard InChI is InChI=1S/C21H19FN2O4/c22-16-6-4-15(5-7-16)19-14-24(11-12-27-19)21(26)18-9-8-17(28-18)13-23-10-2-1-3-20(23)25/h1-10,19H,11-14H2. The lowest BCUT2D eigenvalue weighted by atomic mass is 10.1. The molecule has 3 heterocycles. The van der Waals surface area contributed by atoms with E-state index in [9.17, 15) is 14.0 Å². The molecule has 0 radical (unpaired) electrons. The Morgan fingerprint density at radius 1 is 1.11 bits per heavy atom. The highest BCUT2D eigenvalue weighted by Gasteiger charge is 2.27. The number of furan rings is 1. The SMILES string of the molecule is O=C(c1ccc(Cn2ccccc2=O)o1)N1CCOC(c2ccc(F)cc2)C1.